The number of ether oxygens (including phenoxy) is 1. The number of halogens is 3. The van der Waals surface area contributed by atoms with Gasteiger partial charge in [0.2, 0.25) is 0 Å². The highest BCUT2D eigenvalue weighted by Gasteiger charge is 2.33. The van der Waals surface area contributed by atoms with E-state index in [1.165, 1.54) is 43.3 Å². The van der Waals surface area contributed by atoms with E-state index < -0.39 is 27.8 Å². The maximum Gasteiger partial charge on any atom is 0.432 e. The van der Waals surface area contributed by atoms with Crippen LogP contribution < -0.4 is 10.1 Å². The summed E-state index contributed by atoms with van der Waals surface area (Å²) in [5.74, 6) is 0.0817. The third kappa shape index (κ3) is 6.73. The Morgan fingerprint density at radius 2 is 1.78 bits per heavy atom. The van der Waals surface area contributed by atoms with Gasteiger partial charge in [0.05, 0.1) is 21.2 Å². The molecule has 0 unspecified atom stereocenters. The molecular formula is C24H22F3N3O4S2. The highest BCUT2D eigenvalue weighted by Crippen LogP contribution is 2.34. The van der Waals surface area contributed by atoms with E-state index in [1.54, 1.807) is 35.7 Å². The summed E-state index contributed by atoms with van der Waals surface area (Å²) in [7, 11) is -0.482. The van der Waals surface area contributed by atoms with Gasteiger partial charge in [0.15, 0.2) is 15.6 Å². The van der Waals surface area contributed by atoms with E-state index in [1.807, 2.05) is 0 Å². The van der Waals surface area contributed by atoms with Gasteiger partial charge in [0.1, 0.15) is 5.71 Å². The van der Waals surface area contributed by atoms with Crippen LogP contribution in [0.4, 0.5) is 23.7 Å². The maximum atomic E-state index is 13.2. The summed E-state index contributed by atoms with van der Waals surface area (Å²) >= 11 is 1.10. The molecule has 36 heavy (non-hydrogen) atoms. The molecule has 0 radical (unpaired) electrons. The Bertz CT molecular complexity index is 1430. The van der Waals surface area contributed by atoms with Crippen LogP contribution in [-0.4, -0.2) is 51.7 Å². The molecule has 0 atom stereocenters. The summed E-state index contributed by atoms with van der Waals surface area (Å²) in [5.41, 5.74) is -0.281. The fourth-order valence-electron chi connectivity index (χ4n) is 2.92. The summed E-state index contributed by atoms with van der Waals surface area (Å²) in [6, 6.07) is 14.0. The maximum absolute atomic E-state index is 13.2. The molecule has 1 amide bonds. The second-order valence-corrected chi connectivity index (χ2v) is 10.8. The summed E-state index contributed by atoms with van der Waals surface area (Å²) in [4.78, 5) is 13.7. The van der Waals surface area contributed by atoms with Crippen molar-refractivity contribution in [2.24, 2.45) is 0 Å². The van der Waals surface area contributed by atoms with Crippen molar-refractivity contribution in [1.29, 1.82) is 5.41 Å². The lowest BCUT2D eigenvalue weighted by Crippen LogP contribution is -2.25. The first-order chi connectivity index (χ1) is 16.8. The quantitative estimate of drug-likeness (QED) is 0.365. The van der Waals surface area contributed by atoms with Gasteiger partial charge in [-0.05, 0) is 52.9 Å². The van der Waals surface area contributed by atoms with Gasteiger partial charge in [-0.25, -0.2) is 13.2 Å². The molecule has 2 N–H and O–H groups in total. The molecule has 0 bridgehead atoms. The Kier molecular flexibility index (Phi) is 7.89. The van der Waals surface area contributed by atoms with Crippen molar-refractivity contribution < 1.29 is 31.1 Å². The van der Waals surface area contributed by atoms with Crippen molar-refractivity contribution >= 4 is 44.4 Å². The van der Waals surface area contributed by atoms with Crippen LogP contribution in [0.25, 0.3) is 16.8 Å². The highest BCUT2D eigenvalue weighted by atomic mass is 32.2. The molecule has 0 saturated carbocycles. The van der Waals surface area contributed by atoms with Crippen LogP contribution >= 0.6 is 11.3 Å². The topological polar surface area (TPSA) is 99.6 Å². The monoisotopic (exact) mass is 537 g/mol. The SMILES string of the molecule is CN(C)C(=O)Oc1ccccc1N/C(=C\C(=N)C(F)(F)F)c1cc(-c2cccc(S(C)(=O)=O)c2)cs1. The number of thiophene rings is 1. The van der Waals surface area contributed by atoms with Crippen molar-refractivity contribution in [3.63, 3.8) is 0 Å². The lowest BCUT2D eigenvalue weighted by Gasteiger charge is -2.16. The smallest absolute Gasteiger partial charge is 0.408 e. The van der Waals surface area contributed by atoms with Gasteiger partial charge < -0.3 is 15.0 Å². The number of nitrogens with one attached hydrogen (secondary N) is 2. The number of allylic oxidation sites excluding steroid dienone is 1. The van der Waals surface area contributed by atoms with Gasteiger partial charge >= 0.3 is 12.3 Å². The number of alkyl halides is 3. The fourth-order valence-corrected chi connectivity index (χ4v) is 4.48. The van der Waals surface area contributed by atoms with Gasteiger partial charge in [0.25, 0.3) is 0 Å². The van der Waals surface area contributed by atoms with E-state index in [0.29, 0.717) is 22.1 Å². The summed E-state index contributed by atoms with van der Waals surface area (Å²) in [6.07, 6.45) is -3.83. The molecule has 12 heteroatoms. The van der Waals surface area contributed by atoms with Gasteiger partial charge in [-0.1, -0.05) is 24.3 Å². The predicted octanol–water partition coefficient (Wildman–Crippen LogP) is 5.91. The number of rotatable bonds is 7. The average Bonchev–Trinajstić information content (AvgIpc) is 3.29. The minimum atomic E-state index is -4.88. The zero-order valence-electron chi connectivity index (χ0n) is 19.4. The number of anilines is 1. The first kappa shape index (κ1) is 27.0. The van der Waals surface area contributed by atoms with Crippen LogP contribution in [0.3, 0.4) is 0 Å². The van der Waals surface area contributed by atoms with Crippen molar-refractivity contribution in [2.75, 3.05) is 25.7 Å². The third-order valence-electron chi connectivity index (χ3n) is 4.77. The Hall–Kier alpha value is -3.64. The number of benzene rings is 2. The number of para-hydroxylation sites is 2. The Labute approximate surface area is 210 Å². The van der Waals surface area contributed by atoms with E-state index in [2.05, 4.69) is 5.32 Å². The van der Waals surface area contributed by atoms with Gasteiger partial charge in [-0.3, -0.25) is 5.41 Å². The number of carbonyl (C=O) groups is 1. The minimum Gasteiger partial charge on any atom is -0.408 e. The van der Waals surface area contributed by atoms with Crippen LogP contribution in [0.15, 0.2) is 70.9 Å². The van der Waals surface area contributed by atoms with Crippen molar-refractivity contribution in [3.05, 3.63) is 70.9 Å². The van der Waals surface area contributed by atoms with E-state index >= 15 is 0 Å². The molecule has 0 aliphatic heterocycles. The zero-order valence-corrected chi connectivity index (χ0v) is 21.0. The van der Waals surface area contributed by atoms with E-state index in [4.69, 9.17) is 10.1 Å². The van der Waals surface area contributed by atoms with Crippen molar-refractivity contribution in [1.82, 2.24) is 4.90 Å². The number of hydrogen-bond donors (Lipinski definition) is 2. The summed E-state index contributed by atoms with van der Waals surface area (Å²) in [6.45, 7) is 0. The number of hydrogen-bond acceptors (Lipinski definition) is 7. The van der Waals surface area contributed by atoms with Gasteiger partial charge in [-0.15, -0.1) is 11.3 Å². The third-order valence-corrected chi connectivity index (χ3v) is 6.85. The lowest BCUT2D eigenvalue weighted by molar-refractivity contribution is -0.0583. The first-order valence-electron chi connectivity index (χ1n) is 10.3. The molecule has 1 aromatic heterocycles. The molecule has 0 aliphatic carbocycles. The van der Waals surface area contributed by atoms with Crippen LogP contribution in [0.2, 0.25) is 0 Å². The predicted molar refractivity (Wildman–Crippen MR) is 134 cm³/mol. The number of sulfone groups is 1. The van der Waals surface area contributed by atoms with E-state index in [-0.39, 0.29) is 22.0 Å². The second kappa shape index (κ2) is 10.5. The molecule has 0 spiro atoms. The number of amides is 1. The molecule has 2 aromatic carbocycles. The molecule has 3 aromatic rings. The molecule has 0 fully saturated rings. The van der Waals surface area contributed by atoms with E-state index in [9.17, 15) is 26.4 Å². The van der Waals surface area contributed by atoms with Crippen LogP contribution in [0.5, 0.6) is 5.75 Å². The van der Waals surface area contributed by atoms with Gasteiger partial charge in [0, 0.05) is 20.4 Å². The standard InChI is InChI=1S/C24H22F3N3O4S2/c1-30(2)23(31)34-20-10-5-4-9-18(20)29-19(13-22(28)24(25,26)27)21-12-16(14-35-21)15-7-6-8-17(11-15)36(3,32)33/h4-14,28-29H,1-3H3/b19-13-,28-22?. The molecule has 0 aliphatic rings. The number of nitrogens with zero attached hydrogens (tertiary/aromatic N) is 1. The Balaban J connectivity index is 2.04. The molecular weight excluding hydrogens is 515 g/mol. The fraction of sp³-hybridized carbons (Fsp3) is 0.167. The van der Waals surface area contributed by atoms with E-state index in [0.717, 1.165) is 17.6 Å². The number of carbonyl (C=O) groups excluding carboxylic acids is 1. The molecule has 7 nitrogen and oxygen atoms in total. The average molecular weight is 538 g/mol. The van der Waals surface area contributed by atoms with Crippen LogP contribution in [-0.2, 0) is 9.84 Å². The van der Waals surface area contributed by atoms with Crippen molar-refractivity contribution in [2.45, 2.75) is 11.1 Å². The van der Waals surface area contributed by atoms with Gasteiger partial charge in [-0.2, -0.15) is 13.2 Å². The Morgan fingerprint density at radius 3 is 2.42 bits per heavy atom. The van der Waals surface area contributed by atoms with Crippen molar-refractivity contribution in [3.8, 4) is 16.9 Å². The summed E-state index contributed by atoms with van der Waals surface area (Å²) < 4.78 is 68.7. The largest absolute Gasteiger partial charge is 0.432 e. The molecule has 190 valence electrons. The minimum absolute atomic E-state index is 0.0544. The summed E-state index contributed by atoms with van der Waals surface area (Å²) in [5, 5.41) is 12.0. The van der Waals surface area contributed by atoms with Crippen LogP contribution in [0.1, 0.15) is 4.88 Å². The first-order valence-corrected chi connectivity index (χ1v) is 13.0. The molecule has 0 saturated heterocycles. The van der Waals surface area contributed by atoms with Crippen LogP contribution in [0, 0.1) is 5.41 Å². The zero-order chi connectivity index (χ0) is 26.7. The highest BCUT2D eigenvalue weighted by molar-refractivity contribution is 7.90. The second-order valence-electron chi connectivity index (χ2n) is 7.85. The Morgan fingerprint density at radius 1 is 1.08 bits per heavy atom. The lowest BCUT2D eigenvalue weighted by atomic mass is 10.1. The normalized spacial score (nSPS) is 12.2. The molecule has 1 heterocycles. The molecule has 3 rings (SSSR count).